The van der Waals surface area contributed by atoms with Gasteiger partial charge in [-0.25, -0.2) is 14.2 Å². The van der Waals surface area contributed by atoms with E-state index in [9.17, 15) is 9.18 Å². The molecular weight excluding hydrogens is 333 g/mol. The highest BCUT2D eigenvalue weighted by molar-refractivity contribution is 9.10. The number of carbonyl (C=O) groups is 1. The third-order valence-electron chi connectivity index (χ3n) is 2.35. The van der Waals surface area contributed by atoms with E-state index in [1.165, 1.54) is 23.9 Å². The number of thioether (sulfide) groups is 1. The number of hydrogen-bond donors (Lipinski definition) is 1. The Morgan fingerprint density at radius 2 is 2.16 bits per heavy atom. The van der Waals surface area contributed by atoms with E-state index in [4.69, 9.17) is 5.11 Å². The van der Waals surface area contributed by atoms with Gasteiger partial charge in [-0.2, -0.15) is 0 Å². The topological polar surface area (TPSA) is 50.2 Å². The molecule has 1 N–H and O–H groups in total. The van der Waals surface area contributed by atoms with Crippen LogP contribution in [0, 0.1) is 5.82 Å². The lowest BCUT2D eigenvalue weighted by Gasteiger charge is -2.03. The summed E-state index contributed by atoms with van der Waals surface area (Å²) in [5.74, 6) is -1.44. The van der Waals surface area contributed by atoms with E-state index in [1.54, 1.807) is 12.3 Å². The Kier molecular flexibility index (Phi) is 4.55. The molecule has 0 aliphatic carbocycles. The molecule has 0 saturated heterocycles. The lowest BCUT2D eigenvalue weighted by Crippen LogP contribution is -2.00. The van der Waals surface area contributed by atoms with Crippen molar-refractivity contribution in [3.8, 4) is 0 Å². The van der Waals surface area contributed by atoms with Gasteiger partial charge in [-0.15, -0.1) is 11.8 Å². The minimum absolute atomic E-state index is 0.310. The van der Waals surface area contributed by atoms with E-state index in [-0.39, 0.29) is 5.56 Å². The summed E-state index contributed by atoms with van der Waals surface area (Å²) in [5, 5.41) is 9.56. The van der Waals surface area contributed by atoms with Crippen molar-refractivity contribution in [3.63, 3.8) is 0 Å². The summed E-state index contributed by atoms with van der Waals surface area (Å²) in [5.41, 5.74) is 0.410. The van der Waals surface area contributed by atoms with Crippen molar-refractivity contribution in [1.82, 2.24) is 4.98 Å². The van der Waals surface area contributed by atoms with E-state index in [1.807, 2.05) is 12.1 Å². The molecule has 98 valence electrons. The summed E-state index contributed by atoms with van der Waals surface area (Å²) < 4.78 is 14.4. The molecule has 0 spiro atoms. The van der Waals surface area contributed by atoms with E-state index in [2.05, 4.69) is 20.9 Å². The fourth-order valence-electron chi connectivity index (χ4n) is 1.43. The van der Waals surface area contributed by atoms with Gasteiger partial charge in [0.05, 0.1) is 10.6 Å². The maximum atomic E-state index is 13.5. The number of carboxylic acids is 1. The second-order valence-electron chi connectivity index (χ2n) is 3.72. The first-order chi connectivity index (χ1) is 9.06. The molecule has 0 aliphatic heterocycles. The molecular formula is C13H9BrFNO2S. The summed E-state index contributed by atoms with van der Waals surface area (Å²) in [6, 6.07) is 7.87. The molecule has 0 saturated carbocycles. The van der Waals surface area contributed by atoms with Crippen molar-refractivity contribution < 1.29 is 14.3 Å². The van der Waals surface area contributed by atoms with Crippen LogP contribution in [-0.4, -0.2) is 16.1 Å². The number of benzene rings is 1. The number of pyridine rings is 1. The van der Waals surface area contributed by atoms with Crippen molar-refractivity contribution in [2.45, 2.75) is 10.8 Å². The standard InChI is InChI=1S/C13H9BrFNO2S/c14-9-2-4-12(16-6-9)19-7-8-1-3-10(13(17)18)11(15)5-8/h1-6H,7H2,(H,17,18). The zero-order chi connectivity index (χ0) is 13.8. The molecule has 0 radical (unpaired) electrons. The highest BCUT2D eigenvalue weighted by atomic mass is 79.9. The monoisotopic (exact) mass is 341 g/mol. The predicted octanol–water partition coefficient (Wildman–Crippen LogP) is 3.97. The molecule has 1 aromatic carbocycles. The number of nitrogens with zero attached hydrogens (tertiary/aromatic N) is 1. The quantitative estimate of drug-likeness (QED) is 0.854. The van der Waals surface area contributed by atoms with E-state index in [0.29, 0.717) is 5.75 Å². The zero-order valence-electron chi connectivity index (χ0n) is 9.64. The Bertz CT molecular complexity index is 604. The lowest BCUT2D eigenvalue weighted by molar-refractivity contribution is 0.0692. The van der Waals surface area contributed by atoms with Crippen LogP contribution in [0.5, 0.6) is 0 Å². The third-order valence-corrected chi connectivity index (χ3v) is 3.83. The lowest BCUT2D eigenvalue weighted by atomic mass is 10.1. The summed E-state index contributed by atoms with van der Waals surface area (Å²) in [4.78, 5) is 14.9. The molecule has 19 heavy (non-hydrogen) atoms. The zero-order valence-corrected chi connectivity index (χ0v) is 12.0. The average Bonchev–Trinajstić information content (AvgIpc) is 2.37. The minimum Gasteiger partial charge on any atom is -0.478 e. The second kappa shape index (κ2) is 6.16. The first kappa shape index (κ1) is 14.0. The summed E-state index contributed by atoms with van der Waals surface area (Å²) in [7, 11) is 0. The van der Waals surface area contributed by atoms with Crippen molar-refractivity contribution in [3.05, 3.63) is 57.9 Å². The summed E-state index contributed by atoms with van der Waals surface area (Å²) >= 11 is 4.75. The largest absolute Gasteiger partial charge is 0.478 e. The summed E-state index contributed by atoms with van der Waals surface area (Å²) in [6.07, 6.45) is 1.69. The fourth-order valence-corrected chi connectivity index (χ4v) is 2.45. The second-order valence-corrected chi connectivity index (χ2v) is 5.63. The molecule has 0 aliphatic rings. The van der Waals surface area contributed by atoms with Gasteiger partial charge in [0.2, 0.25) is 0 Å². The van der Waals surface area contributed by atoms with E-state index >= 15 is 0 Å². The molecule has 2 rings (SSSR count). The minimum atomic E-state index is -1.26. The average molecular weight is 342 g/mol. The molecule has 1 aromatic heterocycles. The number of hydrogen-bond acceptors (Lipinski definition) is 3. The van der Waals surface area contributed by atoms with Gasteiger partial charge in [-0.1, -0.05) is 6.07 Å². The molecule has 0 fully saturated rings. The van der Waals surface area contributed by atoms with Gasteiger partial charge in [-0.05, 0) is 45.8 Å². The fraction of sp³-hybridized carbons (Fsp3) is 0.0769. The van der Waals surface area contributed by atoms with Gasteiger partial charge < -0.3 is 5.11 Å². The SMILES string of the molecule is O=C(O)c1ccc(CSc2ccc(Br)cn2)cc1F. The molecule has 0 unspecified atom stereocenters. The first-order valence-electron chi connectivity index (χ1n) is 5.32. The number of halogens is 2. The van der Waals surface area contributed by atoms with Crippen LogP contribution < -0.4 is 0 Å². The predicted molar refractivity (Wildman–Crippen MR) is 74.9 cm³/mol. The third kappa shape index (κ3) is 3.78. The van der Waals surface area contributed by atoms with Crippen molar-refractivity contribution in [2.75, 3.05) is 0 Å². The Hall–Kier alpha value is -1.40. The number of rotatable bonds is 4. The normalized spacial score (nSPS) is 10.4. The molecule has 0 atom stereocenters. The van der Waals surface area contributed by atoms with Crippen molar-refractivity contribution >= 4 is 33.7 Å². The van der Waals surface area contributed by atoms with Gasteiger partial charge in [0.1, 0.15) is 5.82 Å². The highest BCUT2D eigenvalue weighted by Gasteiger charge is 2.10. The van der Waals surface area contributed by atoms with Gasteiger partial charge in [0.25, 0.3) is 0 Å². The van der Waals surface area contributed by atoms with Crippen molar-refractivity contribution in [1.29, 1.82) is 0 Å². The molecule has 1 heterocycles. The Morgan fingerprint density at radius 1 is 1.37 bits per heavy atom. The van der Waals surface area contributed by atoms with Crippen LogP contribution in [0.4, 0.5) is 4.39 Å². The van der Waals surface area contributed by atoms with Gasteiger partial charge in [0, 0.05) is 16.4 Å². The van der Waals surface area contributed by atoms with Gasteiger partial charge >= 0.3 is 5.97 Å². The molecule has 0 amide bonds. The maximum Gasteiger partial charge on any atom is 0.338 e. The number of aromatic nitrogens is 1. The van der Waals surface area contributed by atoms with E-state index in [0.717, 1.165) is 15.1 Å². The van der Waals surface area contributed by atoms with Crippen molar-refractivity contribution in [2.24, 2.45) is 0 Å². The van der Waals surface area contributed by atoms with Crippen LogP contribution in [0.15, 0.2) is 46.0 Å². The molecule has 2 aromatic rings. The molecule has 3 nitrogen and oxygen atoms in total. The Morgan fingerprint density at radius 3 is 2.74 bits per heavy atom. The number of aromatic carboxylic acids is 1. The molecule has 0 bridgehead atoms. The summed E-state index contributed by atoms with van der Waals surface area (Å²) in [6.45, 7) is 0. The Balaban J connectivity index is 2.06. The van der Waals surface area contributed by atoms with Crippen LogP contribution in [0.3, 0.4) is 0 Å². The van der Waals surface area contributed by atoms with Crippen LogP contribution in [0.1, 0.15) is 15.9 Å². The first-order valence-corrected chi connectivity index (χ1v) is 7.10. The van der Waals surface area contributed by atoms with Crippen LogP contribution in [0.25, 0.3) is 0 Å². The molecule has 6 heteroatoms. The Labute approximate surface area is 122 Å². The van der Waals surface area contributed by atoms with Crippen LogP contribution in [0.2, 0.25) is 0 Å². The van der Waals surface area contributed by atoms with E-state index < -0.39 is 11.8 Å². The number of carboxylic acid groups (broad SMARTS) is 1. The van der Waals surface area contributed by atoms with Crippen LogP contribution >= 0.6 is 27.7 Å². The maximum absolute atomic E-state index is 13.5. The smallest absolute Gasteiger partial charge is 0.338 e. The van der Waals surface area contributed by atoms with Gasteiger partial charge in [-0.3, -0.25) is 0 Å². The van der Waals surface area contributed by atoms with Crippen LogP contribution in [-0.2, 0) is 5.75 Å². The van der Waals surface area contributed by atoms with Gasteiger partial charge in [0.15, 0.2) is 0 Å². The highest BCUT2D eigenvalue weighted by Crippen LogP contribution is 2.23.